The molecule has 2 heterocycles. The van der Waals surface area contributed by atoms with E-state index in [1.165, 1.54) is 6.42 Å². The molecule has 28 heavy (non-hydrogen) atoms. The summed E-state index contributed by atoms with van der Waals surface area (Å²) in [6, 6.07) is 5.91. The summed E-state index contributed by atoms with van der Waals surface area (Å²) >= 11 is 0. The molecule has 2 fully saturated rings. The van der Waals surface area contributed by atoms with Gasteiger partial charge in [0.05, 0.1) is 7.11 Å². The van der Waals surface area contributed by atoms with Gasteiger partial charge in [0.15, 0.2) is 0 Å². The molecule has 1 unspecified atom stereocenters. The highest BCUT2D eigenvalue weighted by molar-refractivity contribution is 5.92. The number of nitrogens with zero attached hydrogens (tertiary/aromatic N) is 2. The maximum atomic E-state index is 12.8. The molecule has 0 saturated carbocycles. The Morgan fingerprint density at radius 2 is 1.86 bits per heavy atom. The van der Waals surface area contributed by atoms with E-state index < -0.39 is 0 Å². The first-order valence-electron chi connectivity index (χ1n) is 10.4. The van der Waals surface area contributed by atoms with Gasteiger partial charge >= 0.3 is 0 Å². The van der Waals surface area contributed by atoms with Gasteiger partial charge in [-0.1, -0.05) is 18.6 Å². The highest BCUT2D eigenvalue weighted by Crippen LogP contribution is 2.24. The molecule has 2 amide bonds. The van der Waals surface area contributed by atoms with Gasteiger partial charge in [-0.2, -0.15) is 0 Å². The Morgan fingerprint density at radius 1 is 1.11 bits per heavy atom. The molecule has 0 aromatic heterocycles. The van der Waals surface area contributed by atoms with Crippen LogP contribution in [0.5, 0.6) is 5.75 Å². The zero-order valence-electron chi connectivity index (χ0n) is 17.3. The lowest BCUT2D eigenvalue weighted by Gasteiger charge is -2.37. The number of hydrogen-bond donors (Lipinski definition) is 0. The van der Waals surface area contributed by atoms with E-state index in [1.807, 2.05) is 41.0 Å². The quantitative estimate of drug-likeness (QED) is 0.747. The fourth-order valence-electron chi connectivity index (χ4n) is 4.25. The Bertz CT molecular complexity index is 735. The fourth-order valence-corrected chi connectivity index (χ4v) is 4.25. The van der Waals surface area contributed by atoms with Crippen molar-refractivity contribution in [2.75, 3.05) is 33.3 Å². The van der Waals surface area contributed by atoms with Gasteiger partial charge in [0.25, 0.3) is 0 Å². The van der Waals surface area contributed by atoms with Gasteiger partial charge in [0.2, 0.25) is 11.8 Å². The lowest BCUT2D eigenvalue weighted by atomic mass is 9.92. The predicted molar refractivity (Wildman–Crippen MR) is 111 cm³/mol. The molecule has 5 nitrogen and oxygen atoms in total. The summed E-state index contributed by atoms with van der Waals surface area (Å²) in [4.78, 5) is 29.3. The van der Waals surface area contributed by atoms with E-state index in [1.54, 1.807) is 13.2 Å². The van der Waals surface area contributed by atoms with Crippen LogP contribution in [0.25, 0.3) is 6.08 Å². The van der Waals surface area contributed by atoms with Crippen LogP contribution in [0.3, 0.4) is 0 Å². The zero-order chi connectivity index (χ0) is 20.1. The lowest BCUT2D eigenvalue weighted by Crippen LogP contribution is -2.46. The van der Waals surface area contributed by atoms with Crippen LogP contribution in [-0.4, -0.2) is 54.9 Å². The number of piperidine rings is 2. The molecule has 0 aliphatic carbocycles. The van der Waals surface area contributed by atoms with E-state index >= 15 is 0 Å². The third-order valence-corrected chi connectivity index (χ3v) is 5.92. The van der Waals surface area contributed by atoms with Crippen LogP contribution in [0.2, 0.25) is 0 Å². The summed E-state index contributed by atoms with van der Waals surface area (Å²) in [6.45, 7) is 7.31. The minimum atomic E-state index is 0.000975. The van der Waals surface area contributed by atoms with Gasteiger partial charge in [-0.3, -0.25) is 9.59 Å². The van der Waals surface area contributed by atoms with Crippen molar-refractivity contribution in [2.24, 2.45) is 11.8 Å². The summed E-state index contributed by atoms with van der Waals surface area (Å²) in [6.07, 6.45) is 7.28. The summed E-state index contributed by atoms with van der Waals surface area (Å²) < 4.78 is 5.37. The topological polar surface area (TPSA) is 49.9 Å². The molecule has 2 aliphatic heterocycles. The molecule has 2 saturated heterocycles. The van der Waals surface area contributed by atoms with E-state index in [0.29, 0.717) is 24.9 Å². The third kappa shape index (κ3) is 4.94. The lowest BCUT2D eigenvalue weighted by molar-refractivity contribution is -0.140. The van der Waals surface area contributed by atoms with Crippen molar-refractivity contribution < 1.29 is 14.3 Å². The molecular weight excluding hydrogens is 352 g/mol. The zero-order valence-corrected chi connectivity index (χ0v) is 17.3. The van der Waals surface area contributed by atoms with Crippen molar-refractivity contribution in [2.45, 2.75) is 39.5 Å². The molecule has 1 aromatic carbocycles. The number of likely N-dealkylation sites (tertiary alicyclic amines) is 2. The molecule has 0 radical (unpaired) electrons. The molecule has 0 bridgehead atoms. The van der Waals surface area contributed by atoms with Gasteiger partial charge in [-0.05, 0) is 56.7 Å². The summed E-state index contributed by atoms with van der Waals surface area (Å²) in [7, 11) is 1.63. The smallest absolute Gasteiger partial charge is 0.246 e. The number of hydrogen-bond acceptors (Lipinski definition) is 3. The van der Waals surface area contributed by atoms with E-state index in [4.69, 9.17) is 4.74 Å². The number of aryl methyl sites for hydroxylation is 1. The van der Waals surface area contributed by atoms with Crippen molar-refractivity contribution in [1.82, 2.24) is 9.80 Å². The third-order valence-electron chi connectivity index (χ3n) is 5.92. The highest BCUT2D eigenvalue weighted by atomic mass is 16.5. The normalized spacial score (nSPS) is 21.2. The SMILES string of the molecule is COc1ccc(C)cc1C=CC(=O)N1CCC(C(=O)N2CCCC(C)C2)CC1. The maximum Gasteiger partial charge on any atom is 0.246 e. The number of carbonyl (C=O) groups excluding carboxylic acids is 2. The van der Waals surface area contributed by atoms with E-state index in [9.17, 15) is 9.59 Å². The predicted octanol–water partition coefficient (Wildman–Crippen LogP) is 3.51. The van der Waals surface area contributed by atoms with Crippen LogP contribution in [0.1, 0.15) is 43.7 Å². The van der Waals surface area contributed by atoms with Crippen LogP contribution in [0.4, 0.5) is 0 Å². The average molecular weight is 385 g/mol. The number of benzene rings is 1. The first-order chi connectivity index (χ1) is 13.5. The first kappa shape index (κ1) is 20.4. The van der Waals surface area contributed by atoms with Crippen molar-refractivity contribution >= 4 is 17.9 Å². The van der Waals surface area contributed by atoms with E-state index in [-0.39, 0.29) is 11.8 Å². The number of amides is 2. The Labute approximate surface area is 168 Å². The van der Waals surface area contributed by atoms with Crippen molar-refractivity contribution in [3.63, 3.8) is 0 Å². The Hall–Kier alpha value is -2.30. The van der Waals surface area contributed by atoms with Crippen LogP contribution in [0, 0.1) is 18.8 Å². The number of carbonyl (C=O) groups is 2. The minimum absolute atomic E-state index is 0.000975. The van der Waals surface area contributed by atoms with Gasteiger partial charge in [0, 0.05) is 43.7 Å². The monoisotopic (exact) mass is 384 g/mol. The molecule has 1 aromatic rings. The first-order valence-corrected chi connectivity index (χ1v) is 10.4. The van der Waals surface area contributed by atoms with Gasteiger partial charge in [0.1, 0.15) is 5.75 Å². The average Bonchev–Trinajstić information content (AvgIpc) is 2.71. The van der Waals surface area contributed by atoms with E-state index in [2.05, 4.69) is 6.92 Å². The van der Waals surface area contributed by atoms with Gasteiger partial charge < -0.3 is 14.5 Å². The van der Waals surface area contributed by atoms with Crippen LogP contribution in [-0.2, 0) is 9.59 Å². The Kier molecular flexibility index (Phi) is 6.76. The van der Waals surface area contributed by atoms with Gasteiger partial charge in [-0.15, -0.1) is 0 Å². The Balaban J connectivity index is 1.54. The second-order valence-electron chi connectivity index (χ2n) is 8.21. The number of ether oxygens (including phenoxy) is 1. The highest BCUT2D eigenvalue weighted by Gasteiger charge is 2.31. The van der Waals surface area contributed by atoms with Crippen LogP contribution < -0.4 is 4.74 Å². The molecule has 152 valence electrons. The van der Waals surface area contributed by atoms with E-state index in [0.717, 1.165) is 49.2 Å². The maximum absolute atomic E-state index is 12.8. The second-order valence-corrected chi connectivity index (χ2v) is 8.21. The molecule has 0 N–H and O–H groups in total. The van der Waals surface area contributed by atoms with Gasteiger partial charge in [-0.25, -0.2) is 0 Å². The molecule has 1 atom stereocenters. The molecule has 5 heteroatoms. The molecule has 2 aliphatic rings. The van der Waals surface area contributed by atoms with Crippen LogP contribution >= 0.6 is 0 Å². The van der Waals surface area contributed by atoms with Crippen molar-refractivity contribution in [3.8, 4) is 5.75 Å². The largest absolute Gasteiger partial charge is 0.496 e. The molecule has 3 rings (SSSR count). The fraction of sp³-hybridized carbons (Fsp3) is 0.565. The standard InChI is InChI=1S/C23H32N2O3/c1-17-6-8-21(28-3)20(15-17)7-9-22(26)24-13-10-19(11-14-24)23(27)25-12-4-5-18(2)16-25/h6-9,15,18-19H,4-5,10-14,16H2,1-3H3. The van der Waals surface area contributed by atoms with Crippen molar-refractivity contribution in [1.29, 1.82) is 0 Å². The number of methoxy groups -OCH3 is 1. The van der Waals surface area contributed by atoms with Crippen LogP contribution in [0.15, 0.2) is 24.3 Å². The Morgan fingerprint density at radius 3 is 2.54 bits per heavy atom. The molecular formula is C23H32N2O3. The summed E-state index contributed by atoms with van der Waals surface area (Å²) in [5.74, 6) is 1.72. The summed E-state index contributed by atoms with van der Waals surface area (Å²) in [5, 5.41) is 0. The van der Waals surface area contributed by atoms with Crippen molar-refractivity contribution in [3.05, 3.63) is 35.4 Å². The molecule has 0 spiro atoms. The number of rotatable bonds is 4. The summed E-state index contributed by atoms with van der Waals surface area (Å²) in [5.41, 5.74) is 2.03. The minimum Gasteiger partial charge on any atom is -0.496 e. The second kappa shape index (κ2) is 9.26.